The van der Waals surface area contributed by atoms with Gasteiger partial charge in [0.05, 0.1) is 25.8 Å². The van der Waals surface area contributed by atoms with E-state index in [-0.39, 0.29) is 36.7 Å². The van der Waals surface area contributed by atoms with Crippen LogP contribution in [-0.4, -0.2) is 95.6 Å². The fraction of sp³-hybridized carbons (Fsp3) is 0.545. The van der Waals surface area contributed by atoms with Crippen LogP contribution in [0.25, 0.3) is 0 Å². The van der Waals surface area contributed by atoms with Crippen LogP contribution in [0.4, 0.5) is 0 Å². The molecule has 0 bridgehead atoms. The van der Waals surface area contributed by atoms with E-state index in [2.05, 4.69) is 10.6 Å². The second-order valence-electron chi connectivity index (χ2n) is 11.6. The maximum absolute atomic E-state index is 13.5. The molecule has 3 fully saturated rings. The Kier molecular flexibility index (Phi) is 14.7. The van der Waals surface area contributed by atoms with Crippen molar-refractivity contribution in [2.45, 2.75) is 50.7 Å². The molecule has 0 aromatic heterocycles. The van der Waals surface area contributed by atoms with Gasteiger partial charge in [0.1, 0.15) is 17.5 Å². The van der Waals surface area contributed by atoms with Crippen LogP contribution in [-0.2, 0) is 25.7 Å². The Labute approximate surface area is 281 Å². The zero-order valence-corrected chi connectivity index (χ0v) is 28.1. The minimum absolute atomic E-state index is 0. The first-order chi connectivity index (χ1) is 21.5. The number of rotatable bonds is 13. The molecule has 0 spiro atoms. The van der Waals surface area contributed by atoms with Crippen LogP contribution in [0.5, 0.6) is 11.5 Å². The monoisotopic (exact) mass is 676 g/mol. The lowest BCUT2D eigenvalue weighted by Crippen LogP contribution is -2.55. The third-order valence-corrected chi connectivity index (χ3v) is 10.7. The van der Waals surface area contributed by atoms with Crippen LogP contribution in [0.3, 0.4) is 0 Å². The molecule has 9 nitrogen and oxygen atoms in total. The van der Waals surface area contributed by atoms with Gasteiger partial charge in [-0.15, -0.1) is 24.2 Å². The van der Waals surface area contributed by atoms with Crippen LogP contribution >= 0.6 is 35.9 Å². The molecule has 3 amide bonds. The molecule has 1 aliphatic carbocycles. The number of nitrogens with one attached hydrogen (secondary N) is 2. The van der Waals surface area contributed by atoms with Gasteiger partial charge in [-0.3, -0.25) is 19.3 Å². The van der Waals surface area contributed by atoms with Crippen molar-refractivity contribution < 1.29 is 23.9 Å². The molecule has 45 heavy (non-hydrogen) atoms. The lowest BCUT2D eigenvalue weighted by Gasteiger charge is -2.30. The number of thioether (sulfide) groups is 2. The number of carbonyl (C=O) groups is 3. The lowest BCUT2D eigenvalue weighted by molar-refractivity contribution is -0.138. The first kappa shape index (κ1) is 35.4. The number of morpholine rings is 1. The number of benzene rings is 2. The van der Waals surface area contributed by atoms with E-state index in [1.54, 1.807) is 28.4 Å². The van der Waals surface area contributed by atoms with Crippen molar-refractivity contribution in [1.29, 1.82) is 0 Å². The van der Waals surface area contributed by atoms with Gasteiger partial charge in [0.15, 0.2) is 0 Å². The SMILES string of the molecule is Cl.O=C(NCc1ccc(Oc2ccccc2)cc1)[C@H](CSCC1CCCCC1)NC(=O)[C@@H]1CSCN1CC(=O)N1CCOCC1. The van der Waals surface area contributed by atoms with Crippen LogP contribution in [0.2, 0.25) is 0 Å². The van der Waals surface area contributed by atoms with Gasteiger partial charge in [0.25, 0.3) is 0 Å². The highest BCUT2D eigenvalue weighted by Gasteiger charge is 2.35. The number of hydrogen-bond acceptors (Lipinski definition) is 8. The Bertz CT molecular complexity index is 1210. The van der Waals surface area contributed by atoms with E-state index in [1.807, 2.05) is 59.5 Å². The summed E-state index contributed by atoms with van der Waals surface area (Å²) >= 11 is 3.39. The summed E-state index contributed by atoms with van der Waals surface area (Å²) in [6.45, 7) is 2.81. The minimum atomic E-state index is -0.654. The smallest absolute Gasteiger partial charge is 0.243 e. The number of hydrogen-bond donors (Lipinski definition) is 2. The third-order valence-electron chi connectivity index (χ3n) is 8.34. The largest absolute Gasteiger partial charge is 0.457 e. The van der Waals surface area contributed by atoms with Gasteiger partial charge in [-0.05, 0) is 54.3 Å². The van der Waals surface area contributed by atoms with Crippen molar-refractivity contribution in [2.24, 2.45) is 5.92 Å². The Morgan fingerprint density at radius 3 is 2.42 bits per heavy atom. The molecule has 0 unspecified atom stereocenters. The summed E-state index contributed by atoms with van der Waals surface area (Å²) in [5.41, 5.74) is 0.943. The number of halogens is 1. The van der Waals surface area contributed by atoms with Crippen molar-refractivity contribution in [3.63, 3.8) is 0 Å². The predicted molar refractivity (Wildman–Crippen MR) is 183 cm³/mol. The Balaban J connectivity index is 0.00000461. The molecular weight excluding hydrogens is 632 g/mol. The highest BCUT2D eigenvalue weighted by Crippen LogP contribution is 2.27. The highest BCUT2D eigenvalue weighted by molar-refractivity contribution is 7.99. The predicted octanol–water partition coefficient (Wildman–Crippen LogP) is 4.55. The molecule has 2 aromatic carbocycles. The third kappa shape index (κ3) is 11.1. The van der Waals surface area contributed by atoms with E-state index in [0.29, 0.717) is 56.1 Å². The molecule has 2 saturated heterocycles. The minimum Gasteiger partial charge on any atom is -0.457 e. The van der Waals surface area contributed by atoms with E-state index in [1.165, 1.54) is 32.1 Å². The van der Waals surface area contributed by atoms with Crippen molar-refractivity contribution >= 4 is 53.7 Å². The zero-order valence-electron chi connectivity index (χ0n) is 25.7. The fourth-order valence-electron chi connectivity index (χ4n) is 5.73. The Morgan fingerprint density at radius 2 is 1.69 bits per heavy atom. The van der Waals surface area contributed by atoms with Crippen LogP contribution in [0, 0.1) is 5.92 Å². The Morgan fingerprint density at radius 1 is 0.978 bits per heavy atom. The van der Waals surface area contributed by atoms with Gasteiger partial charge in [-0.25, -0.2) is 0 Å². The molecule has 2 aromatic rings. The Hall–Kier alpha value is -2.44. The van der Waals surface area contributed by atoms with Gasteiger partial charge < -0.3 is 25.0 Å². The lowest BCUT2D eigenvalue weighted by atomic mass is 9.91. The van der Waals surface area contributed by atoms with Crippen LogP contribution < -0.4 is 15.4 Å². The summed E-state index contributed by atoms with van der Waals surface area (Å²) in [5, 5.41) is 6.10. The molecule has 3 aliphatic rings. The number of amides is 3. The molecule has 2 atom stereocenters. The van der Waals surface area contributed by atoms with Crippen molar-refractivity contribution in [1.82, 2.24) is 20.4 Å². The average Bonchev–Trinajstić information content (AvgIpc) is 3.53. The van der Waals surface area contributed by atoms with Gasteiger partial charge in [0.2, 0.25) is 17.7 Å². The number of ether oxygens (including phenoxy) is 2. The van der Waals surface area contributed by atoms with E-state index in [4.69, 9.17) is 9.47 Å². The summed E-state index contributed by atoms with van der Waals surface area (Å²) < 4.78 is 11.2. The van der Waals surface area contributed by atoms with Crippen molar-refractivity contribution in [3.05, 3.63) is 60.2 Å². The first-order valence-electron chi connectivity index (χ1n) is 15.7. The molecular formula is C33H45ClN4O5S2. The van der Waals surface area contributed by atoms with E-state index < -0.39 is 12.1 Å². The second kappa shape index (κ2) is 18.6. The van der Waals surface area contributed by atoms with Gasteiger partial charge >= 0.3 is 0 Å². The number of para-hydroxylation sites is 1. The van der Waals surface area contributed by atoms with Gasteiger partial charge in [-0.2, -0.15) is 11.8 Å². The summed E-state index contributed by atoms with van der Waals surface area (Å²) in [7, 11) is 0. The zero-order chi connectivity index (χ0) is 30.6. The van der Waals surface area contributed by atoms with Crippen molar-refractivity contribution in [2.75, 3.05) is 56.0 Å². The summed E-state index contributed by atoms with van der Waals surface area (Å²) in [4.78, 5) is 43.6. The fourth-order valence-corrected chi connectivity index (χ4v) is 8.20. The van der Waals surface area contributed by atoms with Gasteiger partial charge in [0, 0.05) is 37.0 Å². The molecule has 2 N–H and O–H groups in total. The quantitative estimate of drug-likeness (QED) is 0.319. The second-order valence-corrected chi connectivity index (χ2v) is 13.7. The summed E-state index contributed by atoms with van der Waals surface area (Å²) in [5.74, 6) is 4.54. The summed E-state index contributed by atoms with van der Waals surface area (Å²) in [6, 6.07) is 16.1. The number of carbonyl (C=O) groups excluding carboxylic acids is 3. The average molecular weight is 677 g/mol. The molecule has 2 aliphatic heterocycles. The van der Waals surface area contributed by atoms with E-state index >= 15 is 0 Å². The molecule has 2 heterocycles. The van der Waals surface area contributed by atoms with E-state index in [0.717, 1.165) is 22.8 Å². The number of nitrogens with zero attached hydrogens (tertiary/aromatic N) is 2. The molecule has 0 radical (unpaired) electrons. The van der Waals surface area contributed by atoms with Gasteiger partial charge in [-0.1, -0.05) is 49.6 Å². The maximum Gasteiger partial charge on any atom is 0.243 e. The molecule has 12 heteroatoms. The van der Waals surface area contributed by atoms with Crippen LogP contribution in [0.15, 0.2) is 54.6 Å². The molecule has 246 valence electrons. The molecule has 1 saturated carbocycles. The summed E-state index contributed by atoms with van der Waals surface area (Å²) in [6.07, 6.45) is 6.35. The molecule has 5 rings (SSSR count). The van der Waals surface area contributed by atoms with Crippen LogP contribution in [0.1, 0.15) is 37.7 Å². The maximum atomic E-state index is 13.5. The standard InChI is InChI=1S/C33H44N4O5S2.ClH/c38-31(36-15-17-41-18-16-36)20-37-24-44-23-30(37)33(40)35-29(22-43-21-26-7-3-1-4-8-26)32(39)34-19-25-11-13-28(14-12-25)42-27-9-5-2-6-10-27;/h2,5-6,9-14,26,29-30H,1,3-4,7-8,15-24H2,(H,34,39)(H,35,40);1H/t29-,30-;/m0./s1. The highest BCUT2D eigenvalue weighted by atomic mass is 35.5. The topological polar surface area (TPSA) is 100 Å². The normalized spacial score (nSPS) is 19.7. The first-order valence-corrected chi connectivity index (χ1v) is 18.0. The van der Waals surface area contributed by atoms with E-state index in [9.17, 15) is 14.4 Å². The van der Waals surface area contributed by atoms with Crippen molar-refractivity contribution in [3.8, 4) is 11.5 Å².